The summed E-state index contributed by atoms with van der Waals surface area (Å²) in [5, 5.41) is 6.80. The molecule has 1 fully saturated rings. The molecule has 1 heterocycles. The van der Waals surface area contributed by atoms with E-state index in [1.807, 2.05) is 19.9 Å². The average molecular weight is 577 g/mol. The van der Waals surface area contributed by atoms with E-state index in [0.29, 0.717) is 23.8 Å². The van der Waals surface area contributed by atoms with Gasteiger partial charge in [0, 0.05) is 43.5 Å². The van der Waals surface area contributed by atoms with Crippen molar-refractivity contribution in [2.24, 2.45) is 4.99 Å². The van der Waals surface area contributed by atoms with Gasteiger partial charge >= 0.3 is 0 Å². The summed E-state index contributed by atoms with van der Waals surface area (Å²) in [6, 6.07) is 14.3. The molecule has 1 aliphatic rings. The van der Waals surface area contributed by atoms with Crippen LogP contribution in [0.3, 0.4) is 0 Å². The van der Waals surface area contributed by atoms with E-state index in [0.717, 1.165) is 23.8 Å². The number of guanidine groups is 1. The van der Waals surface area contributed by atoms with Gasteiger partial charge in [0.25, 0.3) is 10.0 Å². The van der Waals surface area contributed by atoms with Crippen LogP contribution >= 0.6 is 35.3 Å². The number of thiophene rings is 1. The van der Waals surface area contributed by atoms with Gasteiger partial charge in [0.15, 0.2) is 5.96 Å². The van der Waals surface area contributed by atoms with Crippen LogP contribution in [0.1, 0.15) is 37.1 Å². The fraction of sp³-hybridized carbons (Fsp3) is 0.500. The summed E-state index contributed by atoms with van der Waals surface area (Å²) in [4.78, 5) is 5.38. The van der Waals surface area contributed by atoms with Crippen molar-refractivity contribution in [2.45, 2.75) is 42.7 Å². The molecule has 0 spiro atoms. The van der Waals surface area contributed by atoms with Crippen molar-refractivity contribution in [1.82, 2.24) is 14.9 Å². The molecule has 2 N–H and O–H groups in total. The molecule has 6 nitrogen and oxygen atoms in total. The zero-order chi connectivity index (χ0) is 21.6. The summed E-state index contributed by atoms with van der Waals surface area (Å²) in [6.45, 7) is 6.26. The second-order valence-corrected chi connectivity index (χ2v) is 10.9. The normalized spacial score (nSPS) is 15.4. The Morgan fingerprint density at radius 2 is 1.77 bits per heavy atom. The maximum absolute atomic E-state index is 12.6. The lowest BCUT2D eigenvalue weighted by Gasteiger charge is -2.19. The van der Waals surface area contributed by atoms with E-state index in [-0.39, 0.29) is 29.4 Å². The predicted molar refractivity (Wildman–Crippen MR) is 140 cm³/mol. The molecule has 31 heavy (non-hydrogen) atoms. The first kappa shape index (κ1) is 26.1. The Hall–Kier alpha value is -1.17. The Morgan fingerprint density at radius 1 is 1.10 bits per heavy atom. The van der Waals surface area contributed by atoms with Crippen LogP contribution in [0.5, 0.6) is 0 Å². The topological polar surface area (TPSA) is 73.8 Å². The molecule has 0 radical (unpaired) electrons. The van der Waals surface area contributed by atoms with Crippen molar-refractivity contribution in [2.75, 3.05) is 33.2 Å². The van der Waals surface area contributed by atoms with Gasteiger partial charge in [-0.1, -0.05) is 44.2 Å². The molecule has 0 saturated heterocycles. The quantitative estimate of drug-likeness (QED) is 0.256. The van der Waals surface area contributed by atoms with Crippen molar-refractivity contribution < 1.29 is 8.42 Å². The fourth-order valence-corrected chi connectivity index (χ4v) is 6.58. The lowest BCUT2D eigenvalue weighted by atomic mass is 9.96. The Bertz CT molecular complexity index is 953. The number of aliphatic imine (C=N–C) groups is 1. The van der Waals surface area contributed by atoms with Crippen LogP contribution in [0.15, 0.2) is 51.7 Å². The van der Waals surface area contributed by atoms with Gasteiger partial charge in [-0.05, 0) is 37.0 Å². The molecule has 2 aromatic rings. The second-order valence-electron chi connectivity index (χ2n) is 7.56. The van der Waals surface area contributed by atoms with Crippen LogP contribution in [-0.2, 0) is 21.9 Å². The van der Waals surface area contributed by atoms with Gasteiger partial charge in [-0.25, -0.2) is 8.42 Å². The molecule has 172 valence electrons. The van der Waals surface area contributed by atoms with Crippen LogP contribution in [0.4, 0.5) is 0 Å². The lowest BCUT2D eigenvalue weighted by molar-refractivity contribution is 0.447. The van der Waals surface area contributed by atoms with Gasteiger partial charge in [0.1, 0.15) is 4.21 Å². The Kier molecular flexibility index (Phi) is 9.78. The SMILES string of the molecule is CCN(CC)S(=O)(=O)c1ccc(CCNC(=NC)NCC2(c3ccccc3)CC2)s1.I. The molecule has 0 amide bonds. The summed E-state index contributed by atoms with van der Waals surface area (Å²) < 4.78 is 27.2. The number of hydrogen-bond donors (Lipinski definition) is 2. The first-order chi connectivity index (χ1) is 14.4. The highest BCUT2D eigenvalue weighted by atomic mass is 127. The summed E-state index contributed by atoms with van der Waals surface area (Å²) in [5.74, 6) is 0.782. The Labute approximate surface area is 207 Å². The largest absolute Gasteiger partial charge is 0.356 e. The predicted octanol–water partition coefficient (Wildman–Crippen LogP) is 3.84. The molecule has 1 saturated carbocycles. The zero-order valence-corrected chi connectivity index (χ0v) is 22.4. The van der Waals surface area contributed by atoms with E-state index in [2.05, 4.69) is 46.0 Å². The third kappa shape index (κ3) is 6.43. The van der Waals surface area contributed by atoms with Crippen LogP contribution < -0.4 is 10.6 Å². The first-order valence-corrected chi connectivity index (χ1v) is 12.8. The number of sulfonamides is 1. The third-order valence-corrected chi connectivity index (χ3v) is 9.32. The molecule has 9 heteroatoms. The minimum Gasteiger partial charge on any atom is -0.356 e. The summed E-state index contributed by atoms with van der Waals surface area (Å²) in [6.07, 6.45) is 3.14. The molecule has 0 atom stereocenters. The van der Waals surface area contributed by atoms with Crippen molar-refractivity contribution >= 4 is 51.3 Å². The first-order valence-electron chi connectivity index (χ1n) is 10.5. The molecule has 1 aromatic heterocycles. The number of hydrogen-bond acceptors (Lipinski definition) is 4. The molecule has 0 aliphatic heterocycles. The zero-order valence-electron chi connectivity index (χ0n) is 18.4. The molecule has 0 unspecified atom stereocenters. The van der Waals surface area contributed by atoms with Crippen molar-refractivity contribution in [3.05, 3.63) is 52.9 Å². The minimum absolute atomic E-state index is 0. The number of halogens is 1. The molecular formula is C22H33IN4O2S2. The Balaban J connectivity index is 0.00000341. The van der Waals surface area contributed by atoms with E-state index >= 15 is 0 Å². The summed E-state index contributed by atoms with van der Waals surface area (Å²) in [5.41, 5.74) is 1.61. The van der Waals surface area contributed by atoms with Gasteiger partial charge in [0.05, 0.1) is 0 Å². The van der Waals surface area contributed by atoms with Crippen LogP contribution in [-0.4, -0.2) is 51.9 Å². The van der Waals surface area contributed by atoms with Gasteiger partial charge < -0.3 is 10.6 Å². The highest BCUT2D eigenvalue weighted by Gasteiger charge is 2.43. The standard InChI is InChI=1S/C22H32N4O2S2.HI/c1-4-26(5-2)30(27,28)20-12-11-19(29-20)13-16-24-21(23-3)25-17-22(14-15-22)18-9-7-6-8-10-18;/h6-12H,4-5,13-17H2,1-3H3,(H2,23,24,25);1H. The molecule has 1 aromatic carbocycles. The van der Waals surface area contributed by atoms with E-state index in [9.17, 15) is 8.42 Å². The number of rotatable bonds is 10. The molecule has 3 rings (SSSR count). The lowest BCUT2D eigenvalue weighted by Crippen LogP contribution is -2.41. The van der Waals surface area contributed by atoms with Crippen molar-refractivity contribution in [1.29, 1.82) is 0 Å². The minimum atomic E-state index is -3.38. The highest BCUT2D eigenvalue weighted by Crippen LogP contribution is 2.47. The van der Waals surface area contributed by atoms with Crippen LogP contribution in [0, 0.1) is 0 Å². The van der Waals surface area contributed by atoms with Gasteiger partial charge in [-0.15, -0.1) is 35.3 Å². The molecular weight excluding hydrogens is 543 g/mol. The maximum Gasteiger partial charge on any atom is 0.252 e. The maximum atomic E-state index is 12.6. The number of nitrogens with one attached hydrogen (secondary N) is 2. The van der Waals surface area contributed by atoms with E-state index < -0.39 is 10.0 Å². The van der Waals surface area contributed by atoms with Gasteiger partial charge in [0.2, 0.25) is 0 Å². The van der Waals surface area contributed by atoms with E-state index in [1.165, 1.54) is 34.0 Å². The highest BCUT2D eigenvalue weighted by molar-refractivity contribution is 14.0. The Morgan fingerprint density at radius 3 is 2.35 bits per heavy atom. The van der Waals surface area contributed by atoms with E-state index in [1.54, 1.807) is 13.1 Å². The van der Waals surface area contributed by atoms with Crippen LogP contribution in [0.25, 0.3) is 0 Å². The molecule has 1 aliphatic carbocycles. The van der Waals surface area contributed by atoms with Crippen LogP contribution in [0.2, 0.25) is 0 Å². The summed E-state index contributed by atoms with van der Waals surface area (Å²) in [7, 11) is -1.60. The number of nitrogens with zero attached hydrogens (tertiary/aromatic N) is 2. The average Bonchev–Trinajstić information content (AvgIpc) is 3.40. The molecule has 0 bridgehead atoms. The van der Waals surface area contributed by atoms with Gasteiger partial charge in [-0.2, -0.15) is 4.31 Å². The van der Waals surface area contributed by atoms with Gasteiger partial charge in [-0.3, -0.25) is 4.99 Å². The van der Waals surface area contributed by atoms with E-state index in [4.69, 9.17) is 0 Å². The second kappa shape index (κ2) is 11.6. The van der Waals surface area contributed by atoms with Crippen molar-refractivity contribution in [3.63, 3.8) is 0 Å². The summed E-state index contributed by atoms with van der Waals surface area (Å²) >= 11 is 1.35. The van der Waals surface area contributed by atoms with Crippen molar-refractivity contribution in [3.8, 4) is 0 Å². The smallest absolute Gasteiger partial charge is 0.252 e. The third-order valence-electron chi connectivity index (χ3n) is 5.66. The monoisotopic (exact) mass is 576 g/mol. The number of benzene rings is 1. The fourth-order valence-electron chi connectivity index (χ4n) is 3.61.